The highest BCUT2D eigenvalue weighted by atomic mass is 15.0. The van der Waals surface area contributed by atoms with Crippen LogP contribution in [-0.2, 0) is 6.54 Å². The van der Waals surface area contributed by atoms with E-state index in [0.717, 1.165) is 17.9 Å². The van der Waals surface area contributed by atoms with Crippen molar-refractivity contribution < 1.29 is 0 Å². The summed E-state index contributed by atoms with van der Waals surface area (Å²) < 4.78 is 0. The van der Waals surface area contributed by atoms with E-state index in [1.54, 1.807) is 0 Å². The minimum Gasteiger partial charge on any atom is -0.314 e. The van der Waals surface area contributed by atoms with E-state index in [1.165, 1.54) is 38.6 Å². The molecule has 0 saturated carbocycles. The van der Waals surface area contributed by atoms with Crippen molar-refractivity contribution >= 4 is 0 Å². The molecule has 2 atom stereocenters. The number of aryl methyl sites for hydroxylation is 1. The molecule has 1 fully saturated rings. The summed E-state index contributed by atoms with van der Waals surface area (Å²) in [5.74, 6) is 0. The van der Waals surface area contributed by atoms with Gasteiger partial charge in [-0.15, -0.1) is 0 Å². The molecule has 0 bridgehead atoms. The molecule has 0 amide bonds. The minimum atomic E-state index is 0.540. The van der Waals surface area contributed by atoms with Crippen molar-refractivity contribution in [1.29, 1.82) is 0 Å². The van der Waals surface area contributed by atoms with Crippen LogP contribution in [0.3, 0.4) is 0 Å². The van der Waals surface area contributed by atoms with Crippen molar-refractivity contribution in [2.45, 2.75) is 64.6 Å². The Morgan fingerprint density at radius 1 is 1.37 bits per heavy atom. The predicted molar refractivity (Wildman–Crippen MR) is 80.2 cm³/mol. The summed E-state index contributed by atoms with van der Waals surface area (Å²) >= 11 is 0. The minimum absolute atomic E-state index is 0.540. The van der Waals surface area contributed by atoms with E-state index in [2.05, 4.69) is 34.7 Å². The van der Waals surface area contributed by atoms with Gasteiger partial charge in [0.1, 0.15) is 0 Å². The maximum absolute atomic E-state index is 4.53. The zero-order valence-electron chi connectivity index (χ0n) is 12.3. The standard InChI is InChI=1S/C16H27N3/c1-13-7-6-9-16(19-13)12-18-14(2)11-15-8-4-3-5-10-17-15/h6-7,9,14-15,17-18H,3-5,8,10-12H2,1-2H3. The predicted octanol–water partition coefficient (Wildman–Crippen LogP) is 2.79. The average molecular weight is 261 g/mol. The third-order valence-electron chi connectivity index (χ3n) is 3.88. The summed E-state index contributed by atoms with van der Waals surface area (Å²) in [6, 6.07) is 7.45. The van der Waals surface area contributed by atoms with Crippen LogP contribution in [0.4, 0.5) is 0 Å². The van der Waals surface area contributed by atoms with Crippen molar-refractivity contribution in [3.05, 3.63) is 29.6 Å². The fourth-order valence-corrected chi connectivity index (χ4v) is 2.79. The summed E-state index contributed by atoms with van der Waals surface area (Å²) in [5, 5.41) is 7.26. The monoisotopic (exact) mass is 261 g/mol. The van der Waals surface area contributed by atoms with Gasteiger partial charge in [-0.05, 0) is 51.8 Å². The molecular formula is C16H27N3. The van der Waals surface area contributed by atoms with Crippen LogP contribution in [-0.4, -0.2) is 23.6 Å². The zero-order chi connectivity index (χ0) is 13.5. The molecule has 2 heterocycles. The van der Waals surface area contributed by atoms with Gasteiger partial charge in [0, 0.05) is 24.3 Å². The van der Waals surface area contributed by atoms with Gasteiger partial charge in [0.25, 0.3) is 0 Å². The Morgan fingerprint density at radius 3 is 3.11 bits per heavy atom. The van der Waals surface area contributed by atoms with Crippen LogP contribution in [0.1, 0.15) is 50.4 Å². The van der Waals surface area contributed by atoms with E-state index >= 15 is 0 Å². The maximum atomic E-state index is 4.53. The fraction of sp³-hybridized carbons (Fsp3) is 0.688. The number of nitrogens with one attached hydrogen (secondary N) is 2. The van der Waals surface area contributed by atoms with Crippen molar-refractivity contribution in [1.82, 2.24) is 15.6 Å². The Kier molecular flexibility index (Phi) is 5.80. The number of nitrogens with zero attached hydrogens (tertiary/aromatic N) is 1. The van der Waals surface area contributed by atoms with Gasteiger partial charge < -0.3 is 10.6 Å². The Morgan fingerprint density at radius 2 is 2.26 bits per heavy atom. The first-order valence-corrected chi connectivity index (χ1v) is 7.63. The van der Waals surface area contributed by atoms with E-state index in [9.17, 15) is 0 Å². The first kappa shape index (κ1) is 14.5. The average Bonchev–Trinajstić information content (AvgIpc) is 2.65. The van der Waals surface area contributed by atoms with Gasteiger partial charge >= 0.3 is 0 Å². The molecule has 1 aromatic rings. The van der Waals surface area contributed by atoms with Crippen LogP contribution in [0, 0.1) is 6.92 Å². The lowest BCUT2D eigenvalue weighted by Gasteiger charge is -2.21. The molecule has 19 heavy (non-hydrogen) atoms. The number of aromatic nitrogens is 1. The van der Waals surface area contributed by atoms with Gasteiger partial charge in [0.05, 0.1) is 5.69 Å². The third-order valence-corrected chi connectivity index (χ3v) is 3.88. The second-order valence-electron chi connectivity index (χ2n) is 5.79. The molecule has 2 unspecified atom stereocenters. The molecule has 1 aliphatic heterocycles. The van der Waals surface area contributed by atoms with E-state index in [-0.39, 0.29) is 0 Å². The van der Waals surface area contributed by atoms with Crippen molar-refractivity contribution in [2.24, 2.45) is 0 Å². The lowest BCUT2D eigenvalue weighted by Crippen LogP contribution is -2.36. The first-order valence-electron chi connectivity index (χ1n) is 7.63. The van der Waals surface area contributed by atoms with Crippen molar-refractivity contribution in [3.8, 4) is 0 Å². The molecule has 0 aromatic carbocycles. The van der Waals surface area contributed by atoms with Gasteiger partial charge in [-0.1, -0.05) is 18.9 Å². The number of hydrogen-bond donors (Lipinski definition) is 2. The highest BCUT2D eigenvalue weighted by molar-refractivity contribution is 5.09. The lowest BCUT2D eigenvalue weighted by molar-refractivity contribution is 0.401. The molecule has 0 aliphatic carbocycles. The molecule has 1 aromatic heterocycles. The molecule has 1 saturated heterocycles. The van der Waals surface area contributed by atoms with E-state index in [4.69, 9.17) is 0 Å². The second kappa shape index (κ2) is 7.61. The van der Waals surface area contributed by atoms with Crippen LogP contribution in [0.2, 0.25) is 0 Å². The smallest absolute Gasteiger partial charge is 0.0544 e. The lowest BCUT2D eigenvalue weighted by atomic mass is 10.0. The van der Waals surface area contributed by atoms with Gasteiger partial charge in [0.2, 0.25) is 0 Å². The van der Waals surface area contributed by atoms with Crippen LogP contribution >= 0.6 is 0 Å². The largest absolute Gasteiger partial charge is 0.314 e. The van der Waals surface area contributed by atoms with Crippen LogP contribution in [0.5, 0.6) is 0 Å². The molecule has 1 aliphatic rings. The molecule has 2 N–H and O–H groups in total. The number of pyridine rings is 1. The van der Waals surface area contributed by atoms with E-state index < -0.39 is 0 Å². The van der Waals surface area contributed by atoms with Crippen LogP contribution in [0.25, 0.3) is 0 Å². The molecular weight excluding hydrogens is 234 g/mol. The van der Waals surface area contributed by atoms with Gasteiger partial charge in [0.15, 0.2) is 0 Å². The highest BCUT2D eigenvalue weighted by Gasteiger charge is 2.14. The Labute approximate surface area is 117 Å². The Bertz CT molecular complexity index is 370. The first-order chi connectivity index (χ1) is 9.24. The Balaban J connectivity index is 1.73. The molecule has 2 rings (SSSR count). The number of hydrogen-bond acceptors (Lipinski definition) is 3. The van der Waals surface area contributed by atoms with Gasteiger partial charge in [-0.25, -0.2) is 0 Å². The number of rotatable bonds is 5. The molecule has 3 heteroatoms. The molecule has 0 spiro atoms. The van der Waals surface area contributed by atoms with E-state index in [0.29, 0.717) is 12.1 Å². The summed E-state index contributed by atoms with van der Waals surface area (Å²) in [4.78, 5) is 4.53. The zero-order valence-corrected chi connectivity index (χ0v) is 12.3. The maximum Gasteiger partial charge on any atom is 0.0544 e. The second-order valence-corrected chi connectivity index (χ2v) is 5.79. The quantitative estimate of drug-likeness (QED) is 0.856. The summed E-state index contributed by atoms with van der Waals surface area (Å²) in [6.07, 6.45) is 6.65. The molecule has 106 valence electrons. The van der Waals surface area contributed by atoms with Gasteiger partial charge in [-0.2, -0.15) is 0 Å². The molecule has 3 nitrogen and oxygen atoms in total. The summed E-state index contributed by atoms with van der Waals surface area (Å²) in [6.45, 7) is 6.39. The fourth-order valence-electron chi connectivity index (χ4n) is 2.79. The third kappa shape index (κ3) is 5.29. The highest BCUT2D eigenvalue weighted by Crippen LogP contribution is 2.12. The van der Waals surface area contributed by atoms with Crippen LogP contribution in [0.15, 0.2) is 18.2 Å². The van der Waals surface area contributed by atoms with Crippen molar-refractivity contribution in [3.63, 3.8) is 0 Å². The topological polar surface area (TPSA) is 37.0 Å². The summed E-state index contributed by atoms with van der Waals surface area (Å²) in [7, 11) is 0. The van der Waals surface area contributed by atoms with Crippen molar-refractivity contribution in [2.75, 3.05) is 6.54 Å². The van der Waals surface area contributed by atoms with Gasteiger partial charge in [-0.3, -0.25) is 4.98 Å². The van der Waals surface area contributed by atoms with E-state index in [1.807, 2.05) is 13.0 Å². The summed E-state index contributed by atoms with van der Waals surface area (Å²) in [5.41, 5.74) is 2.23. The normalized spacial score (nSPS) is 21.9. The SMILES string of the molecule is Cc1cccc(CNC(C)CC2CCCCCN2)n1. The van der Waals surface area contributed by atoms with Crippen LogP contribution < -0.4 is 10.6 Å². The molecule has 0 radical (unpaired) electrons. The Hall–Kier alpha value is -0.930.